The summed E-state index contributed by atoms with van der Waals surface area (Å²) in [6.07, 6.45) is -0.587. The number of aromatic nitrogens is 2. The summed E-state index contributed by atoms with van der Waals surface area (Å²) < 4.78 is 11.7. The smallest absolute Gasteiger partial charge is 0.349 e. The largest absolute Gasteiger partial charge is 0.466 e. The average molecular weight is 537 g/mol. The molecule has 0 spiro atoms. The van der Waals surface area contributed by atoms with Gasteiger partial charge in [-0.15, -0.1) is 0 Å². The van der Waals surface area contributed by atoms with E-state index in [0.717, 1.165) is 11.1 Å². The van der Waals surface area contributed by atoms with Crippen molar-refractivity contribution in [1.29, 1.82) is 0 Å². The number of hydrogen-bond acceptors (Lipinski definition) is 7. The van der Waals surface area contributed by atoms with Gasteiger partial charge in [-0.25, -0.2) is 14.8 Å². The van der Waals surface area contributed by atoms with Crippen LogP contribution in [0.2, 0.25) is 0 Å². The summed E-state index contributed by atoms with van der Waals surface area (Å²) in [5.41, 5.74) is 3.37. The van der Waals surface area contributed by atoms with Crippen molar-refractivity contribution in [1.82, 2.24) is 15.3 Å². The fourth-order valence-electron chi connectivity index (χ4n) is 5.33. The molecular weight excluding hydrogens is 504 g/mol. The van der Waals surface area contributed by atoms with Crippen LogP contribution in [0.4, 0.5) is 5.69 Å². The first kappa shape index (κ1) is 27.0. The normalized spacial score (nSPS) is 17.5. The molecule has 1 aliphatic heterocycles. The van der Waals surface area contributed by atoms with Crippen molar-refractivity contribution < 1.29 is 19.1 Å². The number of nitrogens with zero attached hydrogens (tertiary/aromatic N) is 3. The van der Waals surface area contributed by atoms with E-state index in [1.807, 2.05) is 105 Å². The number of para-hydroxylation sites is 1. The molecule has 204 valence electrons. The third-order valence-corrected chi connectivity index (χ3v) is 7.13. The summed E-state index contributed by atoms with van der Waals surface area (Å²) in [6.45, 7) is 4.10. The molecule has 4 aromatic rings. The Morgan fingerprint density at radius 3 is 2.25 bits per heavy atom. The van der Waals surface area contributed by atoms with Crippen LogP contribution in [0.1, 0.15) is 28.1 Å². The highest BCUT2D eigenvalue weighted by molar-refractivity contribution is 5.97. The Kier molecular flexibility index (Phi) is 7.89. The van der Waals surface area contributed by atoms with Crippen LogP contribution >= 0.6 is 0 Å². The van der Waals surface area contributed by atoms with E-state index in [0.29, 0.717) is 35.6 Å². The number of esters is 1. The highest BCUT2D eigenvalue weighted by Crippen LogP contribution is 2.42. The molecule has 1 amide bonds. The van der Waals surface area contributed by atoms with Gasteiger partial charge in [0, 0.05) is 29.2 Å². The Morgan fingerprint density at radius 1 is 0.950 bits per heavy atom. The summed E-state index contributed by atoms with van der Waals surface area (Å²) in [5, 5.41) is 3.44. The van der Waals surface area contributed by atoms with E-state index < -0.39 is 17.6 Å². The zero-order valence-electron chi connectivity index (χ0n) is 22.8. The van der Waals surface area contributed by atoms with Crippen LogP contribution < -0.4 is 15.0 Å². The molecule has 8 nitrogen and oxygen atoms in total. The number of benzene rings is 3. The Morgan fingerprint density at radius 2 is 1.57 bits per heavy atom. The van der Waals surface area contributed by atoms with Gasteiger partial charge in [0.2, 0.25) is 12.0 Å². The molecule has 0 unspecified atom stereocenters. The second-order valence-electron chi connectivity index (χ2n) is 9.78. The van der Waals surface area contributed by atoms with Gasteiger partial charge in [0.05, 0.1) is 13.7 Å². The van der Waals surface area contributed by atoms with E-state index in [2.05, 4.69) is 15.3 Å². The fraction of sp³-hybridized carbons (Fsp3) is 0.250. The SMILES string of the molecule is COC(=O)[C@H](Oc1nc(C)cc(C)n1)[C@@]1(c2ccccc2)NCC(=O)N(CCc2ccccc2)c2ccccc21. The Labute approximate surface area is 234 Å². The predicted molar refractivity (Wildman–Crippen MR) is 152 cm³/mol. The van der Waals surface area contributed by atoms with Crippen LogP contribution in [0.3, 0.4) is 0 Å². The molecule has 0 aliphatic carbocycles. The van der Waals surface area contributed by atoms with Gasteiger partial charge < -0.3 is 14.4 Å². The van der Waals surface area contributed by atoms with Crippen LogP contribution in [0.25, 0.3) is 0 Å². The molecule has 0 saturated heterocycles. The van der Waals surface area contributed by atoms with Crippen LogP contribution in [-0.2, 0) is 26.3 Å². The average Bonchev–Trinajstić information content (AvgIpc) is 3.09. The number of fused-ring (bicyclic) bond motifs is 1. The van der Waals surface area contributed by atoms with E-state index in [4.69, 9.17) is 9.47 Å². The monoisotopic (exact) mass is 536 g/mol. The van der Waals surface area contributed by atoms with Crippen molar-refractivity contribution in [3.8, 4) is 6.01 Å². The lowest BCUT2D eigenvalue weighted by Gasteiger charge is -2.40. The first-order chi connectivity index (χ1) is 19.4. The van der Waals surface area contributed by atoms with E-state index in [-0.39, 0.29) is 18.5 Å². The first-order valence-corrected chi connectivity index (χ1v) is 13.2. The summed E-state index contributed by atoms with van der Waals surface area (Å²) in [6, 6.07) is 29.1. The summed E-state index contributed by atoms with van der Waals surface area (Å²) >= 11 is 0. The van der Waals surface area contributed by atoms with Crippen molar-refractivity contribution in [2.24, 2.45) is 0 Å². The lowest BCUT2D eigenvalue weighted by atomic mass is 9.77. The molecule has 2 heterocycles. The van der Waals surface area contributed by atoms with E-state index in [1.165, 1.54) is 7.11 Å². The van der Waals surface area contributed by atoms with Crippen molar-refractivity contribution in [2.45, 2.75) is 31.9 Å². The standard InChI is InChI=1S/C32H32N4O4/c1-22-20-23(2)35-31(34-22)40-29(30(38)39-3)32(25-14-8-5-9-15-25)26-16-10-11-17-27(26)36(28(37)21-33-32)19-18-24-12-6-4-7-13-24/h4-17,20,29,33H,18-19,21H2,1-3H3/t29-,32-/m0/s1. The number of methoxy groups -OCH3 is 1. The number of carbonyl (C=O) groups is 2. The van der Waals surface area contributed by atoms with Crippen molar-refractivity contribution in [3.63, 3.8) is 0 Å². The molecule has 1 N–H and O–H groups in total. The Hall–Kier alpha value is -4.56. The second kappa shape index (κ2) is 11.7. The first-order valence-electron chi connectivity index (χ1n) is 13.2. The quantitative estimate of drug-likeness (QED) is 0.339. The second-order valence-corrected chi connectivity index (χ2v) is 9.78. The number of hydrogen-bond donors (Lipinski definition) is 1. The number of aryl methyl sites for hydroxylation is 2. The fourth-order valence-corrected chi connectivity index (χ4v) is 5.33. The van der Waals surface area contributed by atoms with Gasteiger partial charge >= 0.3 is 12.0 Å². The maximum Gasteiger partial charge on any atom is 0.349 e. The summed E-state index contributed by atoms with van der Waals surface area (Å²) in [5.74, 6) is -0.744. The minimum Gasteiger partial charge on any atom is -0.466 e. The van der Waals surface area contributed by atoms with E-state index >= 15 is 0 Å². The zero-order chi connectivity index (χ0) is 28.1. The molecule has 0 radical (unpaired) electrons. The number of nitrogens with one attached hydrogen (secondary N) is 1. The Bertz CT molecular complexity index is 1480. The molecule has 1 aliphatic rings. The van der Waals surface area contributed by atoms with Gasteiger partial charge in [-0.2, -0.15) is 0 Å². The minimum absolute atomic E-state index is 0.0388. The number of rotatable bonds is 8. The van der Waals surface area contributed by atoms with E-state index in [9.17, 15) is 9.59 Å². The van der Waals surface area contributed by atoms with Crippen LogP contribution in [0, 0.1) is 13.8 Å². The summed E-state index contributed by atoms with van der Waals surface area (Å²) in [7, 11) is 1.32. The highest BCUT2D eigenvalue weighted by atomic mass is 16.6. The summed E-state index contributed by atoms with van der Waals surface area (Å²) in [4.78, 5) is 38.0. The Balaban J connectivity index is 1.68. The third kappa shape index (κ3) is 5.31. The molecular formula is C32H32N4O4. The number of anilines is 1. The van der Waals surface area contributed by atoms with Gasteiger partial charge in [0.15, 0.2) is 0 Å². The number of ether oxygens (including phenoxy) is 2. The maximum atomic E-state index is 13.7. The molecule has 0 saturated carbocycles. The van der Waals surface area contributed by atoms with Crippen molar-refractivity contribution >= 4 is 17.6 Å². The third-order valence-electron chi connectivity index (χ3n) is 7.13. The zero-order valence-corrected chi connectivity index (χ0v) is 22.8. The topological polar surface area (TPSA) is 93.6 Å². The van der Waals surface area contributed by atoms with Gasteiger partial charge in [-0.05, 0) is 43.5 Å². The van der Waals surface area contributed by atoms with Gasteiger partial charge in [0.25, 0.3) is 0 Å². The maximum absolute atomic E-state index is 13.7. The molecule has 5 rings (SSSR count). The lowest BCUT2D eigenvalue weighted by Crippen LogP contribution is -2.59. The highest BCUT2D eigenvalue weighted by Gasteiger charge is 2.52. The van der Waals surface area contributed by atoms with Crippen molar-refractivity contribution in [3.05, 3.63) is 119 Å². The number of amides is 1. The van der Waals surface area contributed by atoms with Gasteiger partial charge in [-0.3, -0.25) is 10.1 Å². The van der Waals surface area contributed by atoms with E-state index in [1.54, 1.807) is 4.90 Å². The molecule has 8 heteroatoms. The molecule has 0 bridgehead atoms. The van der Waals surface area contributed by atoms with Crippen molar-refractivity contribution in [2.75, 3.05) is 25.1 Å². The molecule has 1 aromatic heterocycles. The molecule has 40 heavy (non-hydrogen) atoms. The van der Waals surface area contributed by atoms with Crippen LogP contribution in [0.5, 0.6) is 6.01 Å². The predicted octanol–water partition coefficient (Wildman–Crippen LogP) is 4.14. The van der Waals surface area contributed by atoms with Gasteiger partial charge in [-0.1, -0.05) is 78.9 Å². The van der Waals surface area contributed by atoms with Crippen LogP contribution in [-0.4, -0.2) is 48.1 Å². The molecule has 3 aromatic carbocycles. The molecule has 0 fully saturated rings. The lowest BCUT2D eigenvalue weighted by molar-refractivity contribution is -0.153. The van der Waals surface area contributed by atoms with Crippen LogP contribution in [0.15, 0.2) is 91.0 Å². The minimum atomic E-state index is -1.30. The number of carbonyl (C=O) groups excluding carboxylic acids is 2. The molecule has 2 atom stereocenters. The van der Waals surface area contributed by atoms with Gasteiger partial charge in [0.1, 0.15) is 5.54 Å².